The van der Waals surface area contributed by atoms with Crippen LogP contribution in [0.15, 0.2) is 12.1 Å². The largest absolute Gasteiger partial charge is 0.481 e. The zero-order valence-corrected chi connectivity index (χ0v) is 14.9. The van der Waals surface area contributed by atoms with Gasteiger partial charge in [-0.05, 0) is 26.8 Å². The molecule has 0 spiro atoms. The number of anilines is 2. The summed E-state index contributed by atoms with van der Waals surface area (Å²) in [6.45, 7) is 6.59. The summed E-state index contributed by atoms with van der Waals surface area (Å²) in [7, 11) is 1.56. The monoisotopic (exact) mass is 338 g/mol. The summed E-state index contributed by atoms with van der Waals surface area (Å²) >= 11 is 0. The van der Waals surface area contributed by atoms with Gasteiger partial charge in [0.25, 0.3) is 0 Å². The molecule has 0 aromatic carbocycles. The lowest BCUT2D eigenvalue weighted by molar-refractivity contribution is 0.397. The number of nitrogens with one attached hydrogen (secondary N) is 2. The first-order valence-electron chi connectivity index (χ1n) is 7.55. The molecule has 0 radical (unpaired) electrons. The molecule has 0 amide bonds. The number of ether oxygens (including phenoxy) is 1. The lowest BCUT2D eigenvalue weighted by Crippen LogP contribution is -2.05. The summed E-state index contributed by atoms with van der Waals surface area (Å²) in [4.78, 5) is 16.5. The van der Waals surface area contributed by atoms with E-state index >= 15 is 0 Å². The Bertz CT molecular complexity index is 756. The van der Waals surface area contributed by atoms with Crippen LogP contribution >= 0.6 is 0 Å². The first kappa shape index (κ1) is 19.7. The first-order chi connectivity index (χ1) is 12.0. The van der Waals surface area contributed by atoms with E-state index < -0.39 is 0 Å². The lowest BCUT2D eigenvalue weighted by atomic mass is 10.4. The zero-order chi connectivity index (χ0) is 18.7. The van der Waals surface area contributed by atoms with E-state index in [-0.39, 0.29) is 0 Å². The molecule has 2 aromatic rings. The SMILES string of the molecule is C#CCNc1nc(C)cc(C)n1.C#CCNc1nc(C)cc(OC)n1. The Morgan fingerprint density at radius 2 is 1.28 bits per heavy atom. The van der Waals surface area contributed by atoms with Crippen LogP contribution in [0.25, 0.3) is 0 Å². The minimum atomic E-state index is 0.409. The molecular weight excluding hydrogens is 316 g/mol. The van der Waals surface area contributed by atoms with Gasteiger partial charge in [-0.3, -0.25) is 0 Å². The van der Waals surface area contributed by atoms with Crippen LogP contribution in [0.5, 0.6) is 5.88 Å². The highest BCUT2D eigenvalue weighted by atomic mass is 16.5. The quantitative estimate of drug-likeness (QED) is 0.806. The van der Waals surface area contributed by atoms with Crippen LogP contribution in [0.3, 0.4) is 0 Å². The van der Waals surface area contributed by atoms with Crippen molar-refractivity contribution in [2.75, 3.05) is 30.8 Å². The second-order valence-corrected chi connectivity index (χ2v) is 4.96. The number of hydrogen-bond acceptors (Lipinski definition) is 7. The van der Waals surface area contributed by atoms with Gasteiger partial charge in [0, 0.05) is 23.1 Å². The van der Waals surface area contributed by atoms with Crippen molar-refractivity contribution in [2.45, 2.75) is 20.8 Å². The Kier molecular flexibility index (Phi) is 8.25. The Morgan fingerprint density at radius 3 is 1.72 bits per heavy atom. The smallest absolute Gasteiger partial charge is 0.226 e. The van der Waals surface area contributed by atoms with E-state index in [9.17, 15) is 0 Å². The maximum absolute atomic E-state index is 5.09. The molecule has 0 saturated carbocycles. The van der Waals surface area contributed by atoms with E-state index in [1.165, 1.54) is 0 Å². The Morgan fingerprint density at radius 1 is 0.840 bits per heavy atom. The molecule has 25 heavy (non-hydrogen) atoms. The van der Waals surface area contributed by atoms with Gasteiger partial charge in [-0.25, -0.2) is 15.0 Å². The third-order valence-corrected chi connectivity index (χ3v) is 2.72. The number of aromatic nitrogens is 4. The fourth-order valence-electron chi connectivity index (χ4n) is 1.79. The molecule has 7 nitrogen and oxygen atoms in total. The van der Waals surface area contributed by atoms with E-state index in [4.69, 9.17) is 17.6 Å². The van der Waals surface area contributed by atoms with Crippen molar-refractivity contribution < 1.29 is 4.74 Å². The van der Waals surface area contributed by atoms with Crippen LogP contribution in [0, 0.1) is 45.5 Å². The fourth-order valence-corrected chi connectivity index (χ4v) is 1.79. The molecule has 0 aliphatic rings. The normalized spacial score (nSPS) is 9.04. The summed E-state index contributed by atoms with van der Waals surface area (Å²) in [6, 6.07) is 3.67. The van der Waals surface area contributed by atoms with Gasteiger partial charge in [-0.1, -0.05) is 11.8 Å². The average molecular weight is 338 g/mol. The average Bonchev–Trinajstić information content (AvgIpc) is 2.57. The maximum Gasteiger partial charge on any atom is 0.226 e. The highest BCUT2D eigenvalue weighted by Gasteiger charge is 2.00. The van der Waals surface area contributed by atoms with Crippen molar-refractivity contribution in [1.29, 1.82) is 0 Å². The topological polar surface area (TPSA) is 84.9 Å². The van der Waals surface area contributed by atoms with Crippen molar-refractivity contribution in [3.8, 4) is 30.6 Å². The zero-order valence-electron chi connectivity index (χ0n) is 14.9. The van der Waals surface area contributed by atoms with Gasteiger partial charge in [-0.2, -0.15) is 4.98 Å². The molecule has 2 heterocycles. The van der Waals surface area contributed by atoms with Crippen LogP contribution in [-0.4, -0.2) is 40.1 Å². The van der Waals surface area contributed by atoms with Crippen molar-refractivity contribution >= 4 is 11.9 Å². The highest BCUT2D eigenvalue weighted by molar-refractivity contribution is 5.32. The summed E-state index contributed by atoms with van der Waals surface area (Å²) in [6.07, 6.45) is 10.2. The molecule has 0 bridgehead atoms. The third-order valence-electron chi connectivity index (χ3n) is 2.72. The first-order valence-corrected chi connectivity index (χ1v) is 7.55. The van der Waals surface area contributed by atoms with Crippen LogP contribution in [-0.2, 0) is 0 Å². The third kappa shape index (κ3) is 7.67. The van der Waals surface area contributed by atoms with E-state index in [0.29, 0.717) is 30.9 Å². The fraction of sp³-hybridized carbons (Fsp3) is 0.333. The van der Waals surface area contributed by atoms with Gasteiger partial charge in [0.05, 0.1) is 20.2 Å². The van der Waals surface area contributed by atoms with E-state index in [1.807, 2.05) is 26.8 Å². The second kappa shape index (κ2) is 10.5. The van der Waals surface area contributed by atoms with Crippen LogP contribution in [0.2, 0.25) is 0 Å². The van der Waals surface area contributed by atoms with Crippen LogP contribution < -0.4 is 15.4 Å². The standard InChI is InChI=1S/C9H11N3O.C9H11N3/c1-4-5-10-9-11-7(2)6-8(12-9)13-3;1-4-5-10-9-11-7(2)6-8(3)12-9/h1,6H,5H2,2-3H3,(H,10,11,12);1,6H,5H2,2-3H3,(H,10,11,12). The van der Waals surface area contributed by atoms with Gasteiger partial charge >= 0.3 is 0 Å². The molecule has 0 saturated heterocycles. The Labute approximate surface area is 148 Å². The molecule has 0 atom stereocenters. The molecule has 7 heteroatoms. The Hall–Kier alpha value is -3.32. The van der Waals surface area contributed by atoms with Gasteiger partial charge < -0.3 is 15.4 Å². The van der Waals surface area contributed by atoms with Crippen molar-refractivity contribution in [2.24, 2.45) is 0 Å². The Balaban J connectivity index is 0.000000251. The predicted molar refractivity (Wildman–Crippen MR) is 99.5 cm³/mol. The van der Waals surface area contributed by atoms with Crippen LogP contribution in [0.1, 0.15) is 17.1 Å². The van der Waals surface area contributed by atoms with Gasteiger partial charge in [0.2, 0.25) is 17.8 Å². The molecule has 2 rings (SSSR count). The van der Waals surface area contributed by atoms with E-state index in [2.05, 4.69) is 42.4 Å². The van der Waals surface area contributed by atoms with E-state index in [0.717, 1.165) is 17.1 Å². The number of terminal acetylenes is 2. The minimum Gasteiger partial charge on any atom is -0.481 e. The summed E-state index contributed by atoms with van der Waals surface area (Å²) in [5.41, 5.74) is 2.73. The molecule has 0 aliphatic heterocycles. The van der Waals surface area contributed by atoms with Crippen LogP contribution in [0.4, 0.5) is 11.9 Å². The lowest BCUT2D eigenvalue weighted by Gasteiger charge is -2.04. The molecule has 2 aromatic heterocycles. The minimum absolute atomic E-state index is 0.409. The molecular formula is C18H22N6O. The number of nitrogens with zero attached hydrogens (tertiary/aromatic N) is 4. The summed E-state index contributed by atoms with van der Waals surface area (Å²) in [5, 5.41) is 5.79. The second-order valence-electron chi connectivity index (χ2n) is 4.96. The summed E-state index contributed by atoms with van der Waals surface area (Å²) < 4.78 is 4.97. The highest BCUT2D eigenvalue weighted by Crippen LogP contribution is 2.10. The molecule has 2 N–H and O–H groups in total. The van der Waals surface area contributed by atoms with Crippen molar-refractivity contribution in [1.82, 2.24) is 19.9 Å². The molecule has 0 unspecified atom stereocenters. The molecule has 0 aliphatic carbocycles. The van der Waals surface area contributed by atoms with E-state index in [1.54, 1.807) is 13.2 Å². The number of rotatable bonds is 5. The number of hydrogen-bond donors (Lipinski definition) is 2. The van der Waals surface area contributed by atoms with Gasteiger partial charge in [0.1, 0.15) is 0 Å². The predicted octanol–water partition coefficient (Wildman–Crippen LogP) is 1.98. The number of aryl methyl sites for hydroxylation is 3. The van der Waals surface area contributed by atoms with Crippen molar-refractivity contribution in [3.05, 3.63) is 29.2 Å². The summed E-state index contributed by atoms with van der Waals surface area (Å²) in [5.74, 6) is 6.54. The maximum atomic E-state index is 5.09. The molecule has 130 valence electrons. The van der Waals surface area contributed by atoms with Gasteiger partial charge in [0.15, 0.2) is 0 Å². The number of methoxy groups -OCH3 is 1. The van der Waals surface area contributed by atoms with Gasteiger partial charge in [-0.15, -0.1) is 12.8 Å². The van der Waals surface area contributed by atoms with Crippen molar-refractivity contribution in [3.63, 3.8) is 0 Å². The molecule has 0 fully saturated rings.